The van der Waals surface area contributed by atoms with Crippen LogP contribution in [0.1, 0.15) is 36.7 Å². The molecule has 19 heavy (non-hydrogen) atoms. The van der Waals surface area contributed by atoms with Crippen LogP contribution in [0.15, 0.2) is 24.4 Å². The summed E-state index contributed by atoms with van der Waals surface area (Å²) in [6.45, 7) is 7.36. The standard InChI is InChI=1S/C15H17NO3/c1-10-5-6-12-11(9-17)8-16(13(12)7-10)14(18)19-15(2,3)4/h5-9H,1-4H3. The van der Waals surface area contributed by atoms with Gasteiger partial charge in [-0.3, -0.25) is 9.36 Å². The van der Waals surface area contributed by atoms with E-state index in [1.807, 2.05) is 45.9 Å². The predicted molar refractivity (Wildman–Crippen MR) is 73.7 cm³/mol. The average Bonchev–Trinajstić information content (AvgIpc) is 2.64. The molecule has 0 aliphatic carbocycles. The Morgan fingerprint density at radius 1 is 1.32 bits per heavy atom. The van der Waals surface area contributed by atoms with Crippen LogP contribution < -0.4 is 0 Å². The van der Waals surface area contributed by atoms with Gasteiger partial charge >= 0.3 is 6.09 Å². The number of fused-ring (bicyclic) bond motifs is 1. The molecule has 4 heteroatoms. The number of ether oxygens (including phenoxy) is 1. The molecule has 100 valence electrons. The maximum Gasteiger partial charge on any atom is 0.419 e. The SMILES string of the molecule is Cc1ccc2c(C=O)cn(C(=O)OC(C)(C)C)c2c1. The Morgan fingerprint density at radius 3 is 2.58 bits per heavy atom. The minimum Gasteiger partial charge on any atom is -0.443 e. The van der Waals surface area contributed by atoms with E-state index in [0.717, 1.165) is 17.2 Å². The number of benzene rings is 1. The van der Waals surface area contributed by atoms with Crippen LogP contribution in [0.3, 0.4) is 0 Å². The zero-order valence-corrected chi connectivity index (χ0v) is 11.6. The summed E-state index contributed by atoms with van der Waals surface area (Å²) in [7, 11) is 0. The van der Waals surface area contributed by atoms with Gasteiger partial charge < -0.3 is 4.74 Å². The van der Waals surface area contributed by atoms with E-state index < -0.39 is 11.7 Å². The van der Waals surface area contributed by atoms with Gasteiger partial charge in [-0.2, -0.15) is 0 Å². The Labute approximate surface area is 112 Å². The zero-order valence-electron chi connectivity index (χ0n) is 11.6. The molecule has 0 radical (unpaired) electrons. The molecule has 1 aromatic heterocycles. The molecule has 0 saturated carbocycles. The fourth-order valence-electron chi connectivity index (χ4n) is 1.92. The lowest BCUT2D eigenvalue weighted by Gasteiger charge is -2.19. The molecule has 0 aliphatic heterocycles. The highest BCUT2D eigenvalue weighted by Gasteiger charge is 2.20. The van der Waals surface area contributed by atoms with Crippen molar-refractivity contribution < 1.29 is 14.3 Å². The smallest absolute Gasteiger partial charge is 0.419 e. The van der Waals surface area contributed by atoms with Gasteiger partial charge in [-0.05, 0) is 39.3 Å². The lowest BCUT2D eigenvalue weighted by molar-refractivity contribution is 0.0544. The molecule has 0 unspecified atom stereocenters. The van der Waals surface area contributed by atoms with Gasteiger partial charge in [0.2, 0.25) is 0 Å². The lowest BCUT2D eigenvalue weighted by Crippen LogP contribution is -2.26. The van der Waals surface area contributed by atoms with Crippen LogP contribution in [0.2, 0.25) is 0 Å². The molecule has 0 atom stereocenters. The summed E-state index contributed by atoms with van der Waals surface area (Å²) >= 11 is 0. The van der Waals surface area contributed by atoms with Gasteiger partial charge in [0.25, 0.3) is 0 Å². The summed E-state index contributed by atoms with van der Waals surface area (Å²) in [5.74, 6) is 0. The number of hydrogen-bond donors (Lipinski definition) is 0. The van der Waals surface area contributed by atoms with E-state index in [1.165, 1.54) is 10.8 Å². The first-order valence-corrected chi connectivity index (χ1v) is 6.12. The summed E-state index contributed by atoms with van der Waals surface area (Å²) in [5.41, 5.74) is 1.63. The normalized spacial score (nSPS) is 11.6. The molecular weight excluding hydrogens is 242 g/mol. The zero-order chi connectivity index (χ0) is 14.2. The van der Waals surface area contributed by atoms with Crippen molar-refractivity contribution in [1.82, 2.24) is 4.57 Å². The van der Waals surface area contributed by atoms with Crippen LogP contribution in [-0.4, -0.2) is 22.5 Å². The van der Waals surface area contributed by atoms with E-state index in [2.05, 4.69) is 0 Å². The molecule has 1 aromatic carbocycles. The first-order chi connectivity index (χ1) is 8.81. The van der Waals surface area contributed by atoms with Crippen LogP contribution >= 0.6 is 0 Å². The molecule has 0 spiro atoms. The Morgan fingerprint density at radius 2 is 2.00 bits per heavy atom. The molecule has 2 aromatic rings. The van der Waals surface area contributed by atoms with Crippen molar-refractivity contribution in [3.8, 4) is 0 Å². The molecule has 0 bridgehead atoms. The predicted octanol–water partition coefficient (Wildman–Crippen LogP) is 3.55. The van der Waals surface area contributed by atoms with E-state index in [0.29, 0.717) is 11.1 Å². The largest absolute Gasteiger partial charge is 0.443 e. The molecule has 0 N–H and O–H groups in total. The second-order valence-corrected chi connectivity index (χ2v) is 5.57. The monoisotopic (exact) mass is 259 g/mol. The molecule has 0 amide bonds. The van der Waals surface area contributed by atoms with Gasteiger partial charge in [0.15, 0.2) is 6.29 Å². The number of aldehydes is 1. The topological polar surface area (TPSA) is 48.3 Å². The van der Waals surface area contributed by atoms with E-state index >= 15 is 0 Å². The molecule has 0 saturated heterocycles. The molecular formula is C15H17NO3. The van der Waals surface area contributed by atoms with Crippen molar-refractivity contribution >= 4 is 23.3 Å². The number of rotatable bonds is 1. The van der Waals surface area contributed by atoms with Crippen LogP contribution in [0.4, 0.5) is 4.79 Å². The van der Waals surface area contributed by atoms with Gasteiger partial charge in [-0.1, -0.05) is 12.1 Å². The third-order valence-corrected chi connectivity index (χ3v) is 2.71. The van der Waals surface area contributed by atoms with Crippen molar-refractivity contribution in [2.45, 2.75) is 33.3 Å². The summed E-state index contributed by atoms with van der Waals surface area (Å²) in [5, 5.41) is 0.756. The Hall–Kier alpha value is -2.10. The van der Waals surface area contributed by atoms with Crippen molar-refractivity contribution in [2.75, 3.05) is 0 Å². The van der Waals surface area contributed by atoms with Gasteiger partial charge in [0.1, 0.15) is 5.60 Å². The summed E-state index contributed by atoms with van der Waals surface area (Å²) in [6, 6.07) is 5.62. The minimum atomic E-state index is -0.571. The van der Waals surface area contributed by atoms with Gasteiger partial charge in [-0.15, -0.1) is 0 Å². The number of carbonyl (C=O) groups is 2. The highest BCUT2D eigenvalue weighted by Crippen LogP contribution is 2.23. The van der Waals surface area contributed by atoms with Gasteiger partial charge in [0, 0.05) is 17.1 Å². The molecule has 0 aliphatic rings. The number of carbonyl (C=O) groups excluding carboxylic acids is 2. The fourth-order valence-corrected chi connectivity index (χ4v) is 1.92. The third kappa shape index (κ3) is 2.67. The summed E-state index contributed by atoms with van der Waals surface area (Å²) in [4.78, 5) is 23.2. The van der Waals surface area contributed by atoms with Gasteiger partial charge in [0.05, 0.1) is 5.52 Å². The quantitative estimate of drug-likeness (QED) is 0.736. The number of nitrogens with zero attached hydrogens (tertiary/aromatic N) is 1. The van der Waals surface area contributed by atoms with Gasteiger partial charge in [-0.25, -0.2) is 4.79 Å². The first-order valence-electron chi connectivity index (χ1n) is 6.12. The van der Waals surface area contributed by atoms with Crippen molar-refractivity contribution in [3.63, 3.8) is 0 Å². The Kier molecular flexibility index (Phi) is 3.18. The molecule has 4 nitrogen and oxygen atoms in total. The van der Waals surface area contributed by atoms with Crippen LogP contribution in [0, 0.1) is 6.92 Å². The van der Waals surface area contributed by atoms with E-state index in [9.17, 15) is 9.59 Å². The molecule has 1 heterocycles. The highest BCUT2D eigenvalue weighted by atomic mass is 16.6. The summed E-state index contributed by atoms with van der Waals surface area (Å²) < 4.78 is 6.72. The number of aromatic nitrogens is 1. The van der Waals surface area contributed by atoms with Crippen LogP contribution in [-0.2, 0) is 4.74 Å². The Bertz CT molecular complexity index is 647. The highest BCUT2D eigenvalue weighted by molar-refractivity contribution is 6.01. The lowest BCUT2D eigenvalue weighted by atomic mass is 10.1. The Balaban J connectivity index is 2.57. The summed E-state index contributed by atoms with van der Waals surface area (Å²) in [6.07, 6.45) is 1.79. The third-order valence-electron chi connectivity index (χ3n) is 2.71. The van der Waals surface area contributed by atoms with Crippen LogP contribution in [0.5, 0.6) is 0 Å². The van der Waals surface area contributed by atoms with Crippen molar-refractivity contribution in [1.29, 1.82) is 0 Å². The number of hydrogen-bond acceptors (Lipinski definition) is 3. The molecule has 2 rings (SSSR count). The fraction of sp³-hybridized carbons (Fsp3) is 0.333. The second-order valence-electron chi connectivity index (χ2n) is 5.57. The van der Waals surface area contributed by atoms with Crippen molar-refractivity contribution in [2.24, 2.45) is 0 Å². The first kappa shape index (κ1) is 13.3. The second kappa shape index (κ2) is 4.53. The minimum absolute atomic E-state index is 0.476. The van der Waals surface area contributed by atoms with E-state index in [1.54, 1.807) is 0 Å². The maximum absolute atomic E-state index is 12.1. The van der Waals surface area contributed by atoms with E-state index in [-0.39, 0.29) is 0 Å². The van der Waals surface area contributed by atoms with E-state index in [4.69, 9.17) is 4.74 Å². The molecule has 0 fully saturated rings. The van der Waals surface area contributed by atoms with Crippen LogP contribution in [0.25, 0.3) is 10.9 Å². The number of aryl methyl sites for hydroxylation is 1. The average molecular weight is 259 g/mol. The maximum atomic E-state index is 12.1. The van der Waals surface area contributed by atoms with Crippen molar-refractivity contribution in [3.05, 3.63) is 35.5 Å².